The molecule has 4 bridgehead atoms. The molecular formula is C20H27F4O7S-. The van der Waals surface area contributed by atoms with Crippen LogP contribution in [0.3, 0.4) is 0 Å². The van der Waals surface area contributed by atoms with Gasteiger partial charge in [-0.2, -0.15) is 17.6 Å². The predicted molar refractivity (Wildman–Crippen MR) is 102 cm³/mol. The van der Waals surface area contributed by atoms with Crippen LogP contribution < -0.4 is 0 Å². The Morgan fingerprint density at radius 2 is 1.59 bits per heavy atom. The largest absolute Gasteiger partial charge is 0.743 e. The second-order valence-corrected chi connectivity index (χ2v) is 10.5. The van der Waals surface area contributed by atoms with Gasteiger partial charge < -0.3 is 18.8 Å². The van der Waals surface area contributed by atoms with E-state index in [-0.39, 0.29) is 18.5 Å². The summed E-state index contributed by atoms with van der Waals surface area (Å²) < 4.78 is 99.5. The van der Waals surface area contributed by atoms with Gasteiger partial charge in [0.1, 0.15) is 0 Å². The zero-order valence-electron chi connectivity index (χ0n) is 17.4. The topological polar surface area (TPSA) is 102 Å². The van der Waals surface area contributed by atoms with E-state index in [1.54, 1.807) is 0 Å². The molecule has 0 heterocycles. The van der Waals surface area contributed by atoms with Gasteiger partial charge in [0.25, 0.3) is 0 Å². The Kier molecular flexibility index (Phi) is 7.58. The molecule has 0 aromatic heterocycles. The Bertz CT molecular complexity index is 787. The predicted octanol–water partition coefficient (Wildman–Crippen LogP) is 3.45. The van der Waals surface area contributed by atoms with Crippen molar-refractivity contribution in [2.45, 2.75) is 62.2 Å². The zero-order valence-corrected chi connectivity index (χ0v) is 18.3. The highest BCUT2D eigenvalue weighted by Crippen LogP contribution is 2.54. The first-order valence-electron chi connectivity index (χ1n) is 10.6. The lowest BCUT2D eigenvalue weighted by Crippen LogP contribution is -2.49. The minimum Gasteiger partial charge on any atom is -0.743 e. The smallest absolute Gasteiger partial charge is 0.396 e. The van der Waals surface area contributed by atoms with E-state index in [1.807, 2.05) is 0 Å². The summed E-state index contributed by atoms with van der Waals surface area (Å²) >= 11 is 0. The Labute approximate surface area is 184 Å². The standard InChI is InChI=1S/C20H28F4O7S/c1-12(10-29-4-2-3-19(21,22)20(23,24)32(26,27)28)18(25)31-11-30-17-15-6-13-5-14(8-15)9-16(17)7-13/h13-17H,1-11H2,(H,26,27,28)/p-1. The first-order chi connectivity index (χ1) is 14.8. The SMILES string of the molecule is C=C(COCCCC(F)(F)C(F)(F)S(=O)(=O)[O-])C(=O)OCOC1C2CC3CC(C2)CC1C3. The molecule has 4 aliphatic carbocycles. The maximum Gasteiger partial charge on any atom is 0.396 e. The molecular weight excluding hydrogens is 460 g/mol. The minimum absolute atomic E-state index is 0.0813. The van der Waals surface area contributed by atoms with Gasteiger partial charge in [-0.3, -0.25) is 0 Å². The van der Waals surface area contributed by atoms with Crippen LogP contribution in [0.5, 0.6) is 0 Å². The van der Waals surface area contributed by atoms with E-state index >= 15 is 0 Å². The lowest BCUT2D eigenvalue weighted by atomic mass is 9.55. The van der Waals surface area contributed by atoms with Crippen molar-refractivity contribution in [3.8, 4) is 0 Å². The number of hydrogen-bond donors (Lipinski definition) is 0. The quantitative estimate of drug-likeness (QED) is 0.104. The molecule has 0 amide bonds. The fourth-order valence-electron chi connectivity index (χ4n) is 5.39. The monoisotopic (exact) mass is 487 g/mol. The normalized spacial score (nSPS) is 29.8. The molecule has 184 valence electrons. The van der Waals surface area contributed by atoms with Crippen LogP contribution in [0.15, 0.2) is 12.2 Å². The first kappa shape index (κ1) is 25.4. The molecule has 4 aliphatic rings. The summed E-state index contributed by atoms with van der Waals surface area (Å²) in [7, 11) is -6.51. The summed E-state index contributed by atoms with van der Waals surface area (Å²) in [6.07, 6.45) is 3.74. The number of carbonyl (C=O) groups excluding carboxylic acids is 1. The molecule has 0 aliphatic heterocycles. The Morgan fingerprint density at radius 3 is 2.12 bits per heavy atom. The summed E-state index contributed by atoms with van der Waals surface area (Å²) in [4.78, 5) is 12.0. The molecule has 0 atom stereocenters. The van der Waals surface area contributed by atoms with Crippen molar-refractivity contribution in [2.24, 2.45) is 23.7 Å². The fourth-order valence-corrected chi connectivity index (χ4v) is 5.86. The van der Waals surface area contributed by atoms with Crippen molar-refractivity contribution in [3.63, 3.8) is 0 Å². The van der Waals surface area contributed by atoms with Crippen molar-refractivity contribution in [1.82, 2.24) is 0 Å². The Morgan fingerprint density at radius 1 is 1.03 bits per heavy atom. The third-order valence-electron chi connectivity index (χ3n) is 6.67. The molecule has 0 aromatic rings. The van der Waals surface area contributed by atoms with Gasteiger partial charge in [0.2, 0.25) is 0 Å². The maximum absolute atomic E-state index is 13.3. The van der Waals surface area contributed by atoms with Gasteiger partial charge >= 0.3 is 17.1 Å². The van der Waals surface area contributed by atoms with E-state index < -0.39 is 53.3 Å². The number of rotatable bonds is 12. The highest BCUT2D eigenvalue weighted by molar-refractivity contribution is 7.86. The van der Waals surface area contributed by atoms with Crippen LogP contribution in [0.25, 0.3) is 0 Å². The summed E-state index contributed by atoms with van der Waals surface area (Å²) in [6, 6.07) is 0. The van der Waals surface area contributed by atoms with Crippen LogP contribution in [0.4, 0.5) is 17.6 Å². The van der Waals surface area contributed by atoms with E-state index in [1.165, 1.54) is 6.42 Å². The summed E-state index contributed by atoms with van der Waals surface area (Å²) in [5.41, 5.74) is -0.113. The van der Waals surface area contributed by atoms with Crippen LogP contribution in [0.1, 0.15) is 44.9 Å². The van der Waals surface area contributed by atoms with Crippen molar-refractivity contribution < 1.29 is 49.5 Å². The van der Waals surface area contributed by atoms with Gasteiger partial charge in [0.05, 0.1) is 18.3 Å². The van der Waals surface area contributed by atoms with Gasteiger partial charge in [0, 0.05) is 13.0 Å². The number of hydrogen-bond acceptors (Lipinski definition) is 7. The van der Waals surface area contributed by atoms with Crippen LogP contribution >= 0.6 is 0 Å². The Hall–Kier alpha value is -1.24. The number of halogens is 4. The van der Waals surface area contributed by atoms with Gasteiger partial charge in [-0.1, -0.05) is 6.58 Å². The highest BCUT2D eigenvalue weighted by Gasteiger charge is 2.60. The number of alkyl halides is 4. The van der Waals surface area contributed by atoms with Gasteiger partial charge in [-0.05, 0) is 62.2 Å². The number of carbonyl (C=O) groups is 1. The van der Waals surface area contributed by atoms with E-state index in [0.717, 1.165) is 37.5 Å². The van der Waals surface area contributed by atoms with E-state index in [4.69, 9.17) is 14.2 Å². The molecule has 0 spiro atoms. The summed E-state index contributed by atoms with van der Waals surface area (Å²) in [5, 5.41) is -5.72. The van der Waals surface area contributed by atoms with Crippen LogP contribution in [-0.2, 0) is 29.1 Å². The van der Waals surface area contributed by atoms with Gasteiger partial charge in [-0.15, -0.1) is 0 Å². The second kappa shape index (κ2) is 9.55. The van der Waals surface area contributed by atoms with Crippen LogP contribution in [-0.4, -0.2) is 56.2 Å². The molecule has 7 nitrogen and oxygen atoms in total. The van der Waals surface area contributed by atoms with Crippen molar-refractivity contribution in [1.29, 1.82) is 0 Å². The zero-order chi connectivity index (χ0) is 23.7. The van der Waals surface area contributed by atoms with Gasteiger partial charge in [-0.25, -0.2) is 13.2 Å². The number of ether oxygens (including phenoxy) is 3. The van der Waals surface area contributed by atoms with Crippen LogP contribution in [0.2, 0.25) is 0 Å². The average molecular weight is 487 g/mol. The van der Waals surface area contributed by atoms with Crippen molar-refractivity contribution in [3.05, 3.63) is 12.2 Å². The average Bonchev–Trinajstić information content (AvgIpc) is 2.67. The Balaban J connectivity index is 1.30. The third kappa shape index (κ3) is 5.45. The third-order valence-corrected chi connectivity index (χ3v) is 7.60. The van der Waals surface area contributed by atoms with Crippen molar-refractivity contribution in [2.75, 3.05) is 20.0 Å². The molecule has 4 fully saturated rings. The molecule has 0 radical (unpaired) electrons. The molecule has 4 rings (SSSR count). The molecule has 0 saturated heterocycles. The summed E-state index contributed by atoms with van der Waals surface area (Å²) in [6.45, 7) is 2.37. The van der Waals surface area contributed by atoms with Crippen LogP contribution in [0, 0.1) is 23.7 Å². The molecule has 32 heavy (non-hydrogen) atoms. The minimum atomic E-state index is -6.51. The first-order valence-corrected chi connectivity index (χ1v) is 12.0. The fraction of sp³-hybridized carbons (Fsp3) is 0.850. The molecule has 4 saturated carbocycles. The highest BCUT2D eigenvalue weighted by atomic mass is 32.2. The van der Waals surface area contributed by atoms with Crippen molar-refractivity contribution >= 4 is 16.1 Å². The van der Waals surface area contributed by atoms with E-state index in [2.05, 4.69) is 6.58 Å². The molecule has 0 N–H and O–H groups in total. The lowest BCUT2D eigenvalue weighted by Gasteiger charge is -2.53. The number of esters is 1. The summed E-state index contributed by atoms with van der Waals surface area (Å²) in [5.74, 6) is -3.26. The lowest BCUT2D eigenvalue weighted by molar-refractivity contribution is -0.184. The van der Waals surface area contributed by atoms with E-state index in [0.29, 0.717) is 11.8 Å². The molecule has 0 aromatic carbocycles. The van der Waals surface area contributed by atoms with E-state index in [9.17, 15) is 35.3 Å². The van der Waals surface area contributed by atoms with Gasteiger partial charge in [0.15, 0.2) is 16.9 Å². The molecule has 0 unspecified atom stereocenters. The second-order valence-electron chi connectivity index (χ2n) is 9.05. The maximum atomic E-state index is 13.3. The molecule has 12 heteroatoms.